The first-order chi connectivity index (χ1) is 4.72. The summed E-state index contributed by atoms with van der Waals surface area (Å²) in [5.74, 6) is 0.118. The van der Waals surface area contributed by atoms with E-state index in [4.69, 9.17) is 0 Å². The molecule has 0 saturated heterocycles. The third kappa shape index (κ3) is 10.6. The Balaban J connectivity index is -0.000000196. The number of amides is 1. The third-order valence-corrected chi connectivity index (χ3v) is 1.25. The van der Waals surface area contributed by atoms with Gasteiger partial charge in [-0.2, -0.15) is 0 Å². The van der Waals surface area contributed by atoms with Crippen molar-refractivity contribution in [3.63, 3.8) is 0 Å². The van der Waals surface area contributed by atoms with E-state index in [0.717, 1.165) is 6.42 Å². The molecule has 1 radical (unpaired) electrons. The zero-order valence-corrected chi connectivity index (χ0v) is 11.1. The van der Waals surface area contributed by atoms with Gasteiger partial charge >= 0.3 is 0 Å². The molecule has 0 heterocycles. The molecule has 0 N–H and O–H groups in total. The van der Waals surface area contributed by atoms with Gasteiger partial charge in [0.2, 0.25) is 0 Å². The summed E-state index contributed by atoms with van der Waals surface area (Å²) in [5.41, 5.74) is 0. The van der Waals surface area contributed by atoms with Crippen LogP contribution < -0.4 is 0 Å². The van der Waals surface area contributed by atoms with Gasteiger partial charge in [0, 0.05) is 32.7 Å². The topological polar surface area (TPSA) is 31.2 Å². The molecule has 2 nitrogen and oxygen atoms in total. The smallest absolute Gasteiger partial charge is 0.0538 e. The van der Waals surface area contributed by atoms with Crippen LogP contribution in [0.25, 0.3) is 5.32 Å². The van der Waals surface area contributed by atoms with E-state index in [1.807, 2.05) is 27.7 Å². The summed E-state index contributed by atoms with van der Waals surface area (Å²) in [6.07, 6.45) is 0.885. The Labute approximate surface area is 95.4 Å². The Bertz CT molecular complexity index is 86.2. The molecular formula is C8H18NOY-. The maximum atomic E-state index is 10.6. The van der Waals surface area contributed by atoms with Gasteiger partial charge in [-0.3, -0.25) is 0 Å². The van der Waals surface area contributed by atoms with Crippen LogP contribution >= 0.6 is 0 Å². The van der Waals surface area contributed by atoms with Crippen molar-refractivity contribution in [2.45, 2.75) is 34.1 Å². The fourth-order valence-corrected chi connectivity index (χ4v) is 0.395. The van der Waals surface area contributed by atoms with Crippen molar-refractivity contribution >= 4 is 5.91 Å². The van der Waals surface area contributed by atoms with Crippen molar-refractivity contribution < 1.29 is 37.5 Å². The molecule has 1 atom stereocenters. The monoisotopic (exact) mass is 233 g/mol. The normalized spacial score (nSPS) is 9.91. The molecule has 3 heteroatoms. The van der Waals surface area contributed by atoms with Crippen LogP contribution in [0.1, 0.15) is 34.1 Å². The van der Waals surface area contributed by atoms with E-state index >= 15 is 0 Å². The van der Waals surface area contributed by atoms with Gasteiger partial charge in [-0.15, -0.1) is 7.05 Å². The van der Waals surface area contributed by atoms with E-state index < -0.39 is 0 Å². The number of rotatable bonds is 2. The minimum Gasteiger partial charge on any atom is -0.656 e. The Hall–Kier alpha value is 0.574. The molecule has 0 bridgehead atoms. The second-order valence-corrected chi connectivity index (χ2v) is 1.87. The van der Waals surface area contributed by atoms with Crippen molar-refractivity contribution in [2.75, 3.05) is 7.05 Å². The van der Waals surface area contributed by atoms with Crippen LogP contribution in [0.2, 0.25) is 0 Å². The largest absolute Gasteiger partial charge is 0.656 e. The van der Waals surface area contributed by atoms with Crippen LogP contribution in [-0.4, -0.2) is 13.0 Å². The molecule has 0 saturated carbocycles. The van der Waals surface area contributed by atoms with Gasteiger partial charge in [-0.1, -0.05) is 27.7 Å². The zero-order valence-electron chi connectivity index (χ0n) is 8.22. The molecule has 0 aliphatic heterocycles. The minimum absolute atomic E-state index is 0. The van der Waals surface area contributed by atoms with Crippen LogP contribution in [0.5, 0.6) is 0 Å². The summed E-state index contributed by atoms with van der Waals surface area (Å²) in [4.78, 5) is 10.6. The van der Waals surface area contributed by atoms with Crippen molar-refractivity contribution in [1.82, 2.24) is 0 Å². The number of nitrogens with zero attached hydrogens (tertiary/aromatic N) is 1. The summed E-state index contributed by atoms with van der Waals surface area (Å²) in [7, 11) is 1.54. The fraction of sp³-hybridized carbons (Fsp3) is 0.875. The van der Waals surface area contributed by atoms with Crippen LogP contribution in [0.15, 0.2) is 0 Å². The minimum atomic E-state index is 0. The van der Waals surface area contributed by atoms with Gasteiger partial charge in [0.05, 0.1) is 5.91 Å². The van der Waals surface area contributed by atoms with Crippen LogP contribution in [-0.2, 0) is 37.5 Å². The molecule has 0 aromatic heterocycles. The predicted molar refractivity (Wildman–Crippen MR) is 45.1 cm³/mol. The molecule has 1 unspecified atom stereocenters. The Morgan fingerprint density at radius 3 is 1.91 bits per heavy atom. The summed E-state index contributed by atoms with van der Waals surface area (Å²) in [6.45, 7) is 7.86. The first kappa shape index (κ1) is 17.6. The first-order valence-corrected chi connectivity index (χ1v) is 3.86. The van der Waals surface area contributed by atoms with Gasteiger partial charge in [-0.05, 0) is 12.3 Å². The van der Waals surface area contributed by atoms with Gasteiger partial charge in [0.25, 0.3) is 0 Å². The summed E-state index contributed by atoms with van der Waals surface area (Å²) >= 11 is 0. The summed E-state index contributed by atoms with van der Waals surface area (Å²) < 4.78 is 0. The van der Waals surface area contributed by atoms with Crippen molar-refractivity contribution in [2.24, 2.45) is 5.92 Å². The predicted octanol–water partition coefficient (Wildman–Crippen LogP) is 2.59. The van der Waals surface area contributed by atoms with Crippen LogP contribution in [0.3, 0.4) is 0 Å². The second kappa shape index (κ2) is 13.2. The molecular weight excluding hydrogens is 215 g/mol. The SMILES string of the molecule is CC.CCC(C)C(=O)[N-]C.[Y]. The van der Waals surface area contributed by atoms with E-state index in [2.05, 4.69) is 5.32 Å². The molecule has 0 aromatic carbocycles. The van der Waals surface area contributed by atoms with Crippen molar-refractivity contribution in [3.05, 3.63) is 5.32 Å². The molecule has 0 aliphatic rings. The second-order valence-electron chi connectivity index (χ2n) is 1.87. The molecule has 0 rings (SSSR count). The standard InChI is InChI=1S/C6H13NO.C2H6.Y/c1-4-5(2)6(8)7-3;1-2;/h5H,4H2,1-3H3,(H,7,8);1-2H3;/p-1. The first-order valence-electron chi connectivity index (χ1n) is 3.86. The molecule has 0 aliphatic carbocycles. The molecule has 65 valence electrons. The van der Waals surface area contributed by atoms with E-state index in [-0.39, 0.29) is 44.5 Å². The van der Waals surface area contributed by atoms with E-state index in [0.29, 0.717) is 0 Å². The maximum absolute atomic E-state index is 10.6. The average Bonchev–Trinajstić information content (AvgIpc) is 2.05. The molecule has 1 amide bonds. The number of carbonyl (C=O) groups is 1. The Kier molecular flexibility index (Phi) is 21.1. The number of hydrogen-bond donors (Lipinski definition) is 0. The number of carbonyl (C=O) groups excluding carboxylic acids is 1. The average molecular weight is 233 g/mol. The maximum Gasteiger partial charge on any atom is 0.0538 e. The van der Waals surface area contributed by atoms with E-state index in [1.165, 1.54) is 7.05 Å². The van der Waals surface area contributed by atoms with Gasteiger partial charge in [-0.25, -0.2) is 0 Å². The van der Waals surface area contributed by atoms with Crippen molar-refractivity contribution in [1.29, 1.82) is 0 Å². The molecule has 0 spiro atoms. The summed E-state index contributed by atoms with van der Waals surface area (Å²) in [6, 6.07) is 0. The third-order valence-electron chi connectivity index (χ3n) is 1.25. The van der Waals surface area contributed by atoms with Crippen molar-refractivity contribution in [3.8, 4) is 0 Å². The quantitative estimate of drug-likeness (QED) is 0.721. The van der Waals surface area contributed by atoms with Crippen LogP contribution in [0, 0.1) is 5.92 Å². The van der Waals surface area contributed by atoms with Gasteiger partial charge < -0.3 is 10.1 Å². The molecule has 0 fully saturated rings. The van der Waals surface area contributed by atoms with Crippen LogP contribution in [0.4, 0.5) is 0 Å². The summed E-state index contributed by atoms with van der Waals surface area (Å²) in [5, 5.41) is 3.52. The van der Waals surface area contributed by atoms with E-state index in [1.54, 1.807) is 0 Å². The van der Waals surface area contributed by atoms with E-state index in [9.17, 15) is 4.79 Å². The molecule has 11 heavy (non-hydrogen) atoms. The zero-order chi connectivity index (χ0) is 8.57. The van der Waals surface area contributed by atoms with Gasteiger partial charge in [0.15, 0.2) is 0 Å². The Morgan fingerprint density at radius 2 is 1.82 bits per heavy atom. The Morgan fingerprint density at radius 1 is 1.45 bits per heavy atom. The number of hydrogen-bond acceptors (Lipinski definition) is 1. The van der Waals surface area contributed by atoms with Gasteiger partial charge in [0.1, 0.15) is 0 Å². The molecule has 0 aromatic rings. The fourth-order valence-electron chi connectivity index (χ4n) is 0.395.